The topological polar surface area (TPSA) is 61.8 Å². The highest BCUT2D eigenvalue weighted by Crippen LogP contribution is 2.51. The summed E-state index contributed by atoms with van der Waals surface area (Å²) >= 11 is 3.49. The van der Waals surface area contributed by atoms with Crippen LogP contribution in [-0.2, 0) is 23.8 Å². The second kappa shape index (κ2) is 6.29. The van der Waals surface area contributed by atoms with Crippen molar-refractivity contribution in [3.05, 3.63) is 58.3 Å². The van der Waals surface area contributed by atoms with E-state index in [1.807, 2.05) is 30.3 Å². The maximum absolute atomic E-state index is 12.8. The predicted molar refractivity (Wildman–Crippen MR) is 85.6 cm³/mol. The molecule has 2 aliphatic heterocycles. The fourth-order valence-electron chi connectivity index (χ4n) is 2.89. The maximum atomic E-state index is 12.8. The molecule has 0 fully saturated rings. The summed E-state index contributed by atoms with van der Waals surface area (Å²) in [5.41, 5.74) is -0.140. The molecule has 0 radical (unpaired) electrons. The third-order valence-electron chi connectivity index (χ3n) is 4.10. The van der Waals surface area contributed by atoms with E-state index in [4.69, 9.17) is 9.47 Å². The van der Waals surface area contributed by atoms with Crippen molar-refractivity contribution < 1.29 is 23.8 Å². The van der Waals surface area contributed by atoms with Crippen LogP contribution in [0.25, 0.3) is 0 Å². The Morgan fingerprint density at radius 3 is 2.74 bits per heavy atom. The van der Waals surface area contributed by atoms with Crippen LogP contribution in [-0.4, -0.2) is 32.3 Å². The molecule has 0 saturated heterocycles. The first-order chi connectivity index (χ1) is 11.1. The molecule has 0 aromatic heterocycles. The molecule has 2 heterocycles. The molecule has 120 valence electrons. The second-order valence-corrected chi connectivity index (χ2v) is 6.19. The summed E-state index contributed by atoms with van der Waals surface area (Å²) < 4.78 is 16.2. The van der Waals surface area contributed by atoms with Crippen LogP contribution in [0, 0.1) is 5.41 Å². The molecule has 2 aliphatic rings. The number of hydrogen-bond donors (Lipinski definition) is 0. The van der Waals surface area contributed by atoms with Gasteiger partial charge in [0.2, 0.25) is 5.76 Å². The van der Waals surface area contributed by atoms with Crippen LogP contribution in [0.3, 0.4) is 0 Å². The Kier molecular flexibility index (Phi) is 4.37. The molecule has 1 aromatic carbocycles. The summed E-state index contributed by atoms with van der Waals surface area (Å²) in [6.07, 6.45) is 3.43. The summed E-state index contributed by atoms with van der Waals surface area (Å²) in [6.45, 7) is 0.595. The highest BCUT2D eigenvalue weighted by atomic mass is 79.9. The van der Waals surface area contributed by atoms with Gasteiger partial charge >= 0.3 is 11.9 Å². The van der Waals surface area contributed by atoms with Crippen LogP contribution >= 0.6 is 15.9 Å². The van der Waals surface area contributed by atoms with Crippen molar-refractivity contribution in [3.8, 4) is 0 Å². The summed E-state index contributed by atoms with van der Waals surface area (Å²) in [5.74, 6) is -1.70. The quantitative estimate of drug-likeness (QED) is 0.740. The molecule has 0 unspecified atom stereocenters. The summed E-state index contributed by atoms with van der Waals surface area (Å²) in [4.78, 5) is 24.6. The average molecular weight is 379 g/mol. The zero-order valence-electron chi connectivity index (χ0n) is 12.5. The number of allylic oxidation sites excluding steroid dienone is 1. The average Bonchev–Trinajstić information content (AvgIpc) is 2.59. The lowest BCUT2D eigenvalue weighted by Crippen LogP contribution is -2.47. The van der Waals surface area contributed by atoms with Crippen LogP contribution in [0.1, 0.15) is 11.5 Å². The van der Waals surface area contributed by atoms with Crippen LogP contribution in [0.15, 0.2) is 52.7 Å². The Morgan fingerprint density at radius 1 is 1.35 bits per heavy atom. The first-order valence-electron chi connectivity index (χ1n) is 7.11. The van der Waals surface area contributed by atoms with Gasteiger partial charge in [0.05, 0.1) is 20.3 Å². The molecule has 6 heteroatoms. The molecular formula is C17H15BrO5. The first kappa shape index (κ1) is 16.0. The van der Waals surface area contributed by atoms with Gasteiger partial charge in [0.25, 0.3) is 0 Å². The summed E-state index contributed by atoms with van der Waals surface area (Å²) in [6, 6.07) is 9.48. The van der Waals surface area contributed by atoms with Gasteiger partial charge < -0.3 is 14.2 Å². The number of methoxy groups -OCH3 is 1. The Morgan fingerprint density at radius 2 is 2.09 bits per heavy atom. The van der Waals surface area contributed by atoms with E-state index in [9.17, 15) is 9.59 Å². The SMILES string of the molecule is COC(=O)C1=C[C@@H](c2ccccc2)[C@@]2(COCC=C2Br)C(=O)O1. The Hall–Kier alpha value is -1.92. The lowest BCUT2D eigenvalue weighted by molar-refractivity contribution is -0.161. The van der Waals surface area contributed by atoms with Gasteiger partial charge in [-0.3, -0.25) is 4.79 Å². The second-order valence-electron chi connectivity index (χ2n) is 5.34. The molecule has 0 bridgehead atoms. The zero-order valence-corrected chi connectivity index (χ0v) is 14.0. The van der Waals surface area contributed by atoms with Crippen molar-refractivity contribution >= 4 is 27.9 Å². The van der Waals surface area contributed by atoms with Gasteiger partial charge in [-0.2, -0.15) is 0 Å². The van der Waals surface area contributed by atoms with E-state index in [0.717, 1.165) is 5.56 Å². The molecule has 1 aromatic rings. The smallest absolute Gasteiger partial charge is 0.373 e. The minimum atomic E-state index is -1.03. The molecule has 2 atom stereocenters. The number of carbonyl (C=O) groups is 2. The van der Waals surface area contributed by atoms with Crippen molar-refractivity contribution in [2.45, 2.75) is 5.92 Å². The molecule has 0 N–H and O–H groups in total. The van der Waals surface area contributed by atoms with Crippen molar-refractivity contribution in [1.29, 1.82) is 0 Å². The van der Waals surface area contributed by atoms with Crippen LogP contribution in [0.4, 0.5) is 0 Å². The monoisotopic (exact) mass is 378 g/mol. The van der Waals surface area contributed by atoms with Crippen molar-refractivity contribution in [3.63, 3.8) is 0 Å². The van der Waals surface area contributed by atoms with Gasteiger partial charge in [-0.1, -0.05) is 46.3 Å². The van der Waals surface area contributed by atoms with E-state index in [2.05, 4.69) is 20.7 Å². The van der Waals surface area contributed by atoms with Crippen LogP contribution in [0.2, 0.25) is 0 Å². The molecule has 1 spiro atoms. The van der Waals surface area contributed by atoms with Crippen molar-refractivity contribution in [1.82, 2.24) is 0 Å². The Labute approximate surface area is 142 Å². The third kappa shape index (κ3) is 2.62. The van der Waals surface area contributed by atoms with Gasteiger partial charge in [-0.25, -0.2) is 4.79 Å². The van der Waals surface area contributed by atoms with E-state index in [0.29, 0.717) is 11.1 Å². The predicted octanol–water partition coefficient (Wildman–Crippen LogP) is 2.68. The lowest BCUT2D eigenvalue weighted by atomic mass is 9.70. The van der Waals surface area contributed by atoms with Gasteiger partial charge in [0, 0.05) is 10.4 Å². The molecule has 23 heavy (non-hydrogen) atoms. The molecular weight excluding hydrogens is 364 g/mol. The third-order valence-corrected chi connectivity index (χ3v) is 5.13. The Balaban J connectivity index is 2.17. The summed E-state index contributed by atoms with van der Waals surface area (Å²) in [7, 11) is 1.25. The normalized spacial score (nSPS) is 27.0. The highest BCUT2D eigenvalue weighted by Gasteiger charge is 2.54. The lowest BCUT2D eigenvalue weighted by Gasteiger charge is -2.41. The van der Waals surface area contributed by atoms with Gasteiger partial charge in [-0.15, -0.1) is 0 Å². The molecule has 5 nitrogen and oxygen atoms in total. The fourth-order valence-corrected chi connectivity index (χ4v) is 3.55. The molecule has 0 amide bonds. The number of benzene rings is 1. The van der Waals surface area contributed by atoms with Gasteiger partial charge in [0.15, 0.2) is 0 Å². The largest absolute Gasteiger partial charge is 0.463 e. The standard InChI is InChI=1S/C17H15BrO5/c1-21-15(19)13-9-12(11-5-3-2-4-6-11)17(16(20)23-13)10-22-8-7-14(17)18/h2-7,9,12H,8,10H2,1H3/t12-,17+/m0/s1. The molecule has 0 aliphatic carbocycles. The van der Waals surface area contributed by atoms with E-state index >= 15 is 0 Å². The van der Waals surface area contributed by atoms with Crippen molar-refractivity contribution in [2.75, 3.05) is 20.3 Å². The van der Waals surface area contributed by atoms with E-state index < -0.39 is 23.3 Å². The van der Waals surface area contributed by atoms with Crippen LogP contribution in [0.5, 0.6) is 0 Å². The van der Waals surface area contributed by atoms with Crippen molar-refractivity contribution in [2.24, 2.45) is 5.41 Å². The minimum Gasteiger partial charge on any atom is -0.463 e. The molecule has 3 rings (SSSR count). The van der Waals surface area contributed by atoms with E-state index in [1.54, 1.807) is 12.2 Å². The number of rotatable bonds is 2. The number of hydrogen-bond acceptors (Lipinski definition) is 5. The zero-order chi connectivity index (χ0) is 16.4. The van der Waals surface area contributed by atoms with E-state index in [-0.39, 0.29) is 12.4 Å². The van der Waals surface area contributed by atoms with Gasteiger partial charge in [-0.05, 0) is 17.7 Å². The van der Waals surface area contributed by atoms with E-state index in [1.165, 1.54) is 7.11 Å². The number of halogens is 1. The maximum Gasteiger partial charge on any atom is 0.373 e. The highest BCUT2D eigenvalue weighted by molar-refractivity contribution is 9.11. The summed E-state index contributed by atoms with van der Waals surface area (Å²) in [5, 5.41) is 0. The number of carbonyl (C=O) groups excluding carboxylic acids is 2. The molecule has 0 saturated carbocycles. The number of ether oxygens (including phenoxy) is 3. The van der Waals surface area contributed by atoms with Gasteiger partial charge in [0.1, 0.15) is 5.41 Å². The minimum absolute atomic E-state index is 0.0946. The fraction of sp³-hybridized carbons (Fsp3) is 0.294. The Bertz CT molecular complexity index is 694. The van der Waals surface area contributed by atoms with Crippen LogP contribution < -0.4 is 0 Å². The number of esters is 2. The number of cyclic esters (lactones) is 1. The first-order valence-corrected chi connectivity index (χ1v) is 7.90.